The lowest BCUT2D eigenvalue weighted by Gasteiger charge is -2.10. The zero-order valence-corrected chi connectivity index (χ0v) is 10.9. The third-order valence-corrected chi connectivity index (χ3v) is 3.59. The van der Waals surface area contributed by atoms with Crippen molar-refractivity contribution in [2.45, 2.75) is 4.90 Å². The van der Waals surface area contributed by atoms with Crippen LogP contribution in [0.3, 0.4) is 0 Å². The number of hydrogen-bond acceptors (Lipinski definition) is 6. The smallest absolute Gasteiger partial charge is 0.265 e. The van der Waals surface area contributed by atoms with E-state index in [4.69, 9.17) is 9.94 Å². The first kappa shape index (κ1) is 14.1. The van der Waals surface area contributed by atoms with Gasteiger partial charge < -0.3 is 9.94 Å². The average molecular weight is 294 g/mol. The summed E-state index contributed by atoms with van der Waals surface area (Å²) in [5, 5.41) is 11.4. The maximum Gasteiger partial charge on any atom is 0.265 e. The van der Waals surface area contributed by atoms with E-state index >= 15 is 0 Å². The molecular formula is C12H10N2O5S. The molecule has 0 bridgehead atoms. The summed E-state index contributed by atoms with van der Waals surface area (Å²) in [6.07, 6.45) is 0. The normalized spacial score (nSPS) is 11.1. The molecule has 2 aromatic rings. The third kappa shape index (κ3) is 2.99. The van der Waals surface area contributed by atoms with Gasteiger partial charge in [-0.05, 0) is 41.6 Å². The molecule has 0 unspecified atom stereocenters. The van der Waals surface area contributed by atoms with E-state index in [0.29, 0.717) is 5.75 Å². The van der Waals surface area contributed by atoms with Crippen LogP contribution >= 0.6 is 0 Å². The number of nitrogens with zero attached hydrogens (tertiary/aromatic N) is 1. The first-order chi connectivity index (χ1) is 9.56. The van der Waals surface area contributed by atoms with E-state index in [2.05, 4.69) is 5.18 Å². The SMILES string of the molecule is O=Nc1ccc(Oc2ccccc2S(=O)(=O)NO)cc1. The highest BCUT2D eigenvalue weighted by molar-refractivity contribution is 7.89. The van der Waals surface area contributed by atoms with Crippen LogP contribution in [0.25, 0.3) is 0 Å². The highest BCUT2D eigenvalue weighted by Gasteiger charge is 2.18. The van der Waals surface area contributed by atoms with Crippen LogP contribution < -0.4 is 9.62 Å². The molecule has 2 N–H and O–H groups in total. The molecule has 104 valence electrons. The van der Waals surface area contributed by atoms with Crippen LogP contribution in [0.4, 0.5) is 5.69 Å². The minimum Gasteiger partial charge on any atom is -0.456 e. The van der Waals surface area contributed by atoms with Gasteiger partial charge in [-0.25, -0.2) is 8.42 Å². The molecule has 0 fully saturated rings. The molecule has 0 aliphatic heterocycles. The Hall–Kier alpha value is -2.29. The van der Waals surface area contributed by atoms with E-state index in [9.17, 15) is 13.3 Å². The Kier molecular flexibility index (Phi) is 4.08. The predicted molar refractivity (Wildman–Crippen MR) is 70.5 cm³/mol. The summed E-state index contributed by atoms with van der Waals surface area (Å²) < 4.78 is 28.7. The quantitative estimate of drug-likeness (QED) is 0.651. The molecule has 0 spiro atoms. The van der Waals surface area contributed by atoms with Crippen molar-refractivity contribution in [2.24, 2.45) is 5.18 Å². The van der Waals surface area contributed by atoms with E-state index in [1.54, 1.807) is 6.07 Å². The first-order valence-electron chi connectivity index (χ1n) is 5.43. The summed E-state index contributed by atoms with van der Waals surface area (Å²) in [5.74, 6) is 0.374. The van der Waals surface area contributed by atoms with Crippen LogP contribution in [0.1, 0.15) is 0 Å². The van der Waals surface area contributed by atoms with Gasteiger partial charge in [-0.1, -0.05) is 17.0 Å². The van der Waals surface area contributed by atoms with Gasteiger partial charge in [0.2, 0.25) is 0 Å². The topological polar surface area (TPSA) is 105 Å². The molecule has 20 heavy (non-hydrogen) atoms. The zero-order valence-electron chi connectivity index (χ0n) is 10.1. The number of para-hydroxylation sites is 1. The van der Waals surface area contributed by atoms with Gasteiger partial charge in [-0.15, -0.1) is 4.91 Å². The standard InChI is InChI=1S/C12H10N2O5S/c15-13-9-5-7-10(8-6-9)19-11-3-1-2-4-12(11)20(17,18)14-16/h1-8,14,16H. The molecule has 0 saturated heterocycles. The number of sulfonamides is 1. The third-order valence-electron chi connectivity index (χ3n) is 2.43. The Morgan fingerprint density at radius 3 is 2.30 bits per heavy atom. The van der Waals surface area contributed by atoms with Crippen molar-refractivity contribution < 1.29 is 18.4 Å². The molecule has 0 aromatic heterocycles. The van der Waals surface area contributed by atoms with E-state index in [-0.39, 0.29) is 16.3 Å². The number of hydrogen-bond donors (Lipinski definition) is 2. The van der Waals surface area contributed by atoms with Gasteiger partial charge >= 0.3 is 0 Å². The number of benzene rings is 2. The van der Waals surface area contributed by atoms with Gasteiger partial charge in [-0.2, -0.15) is 0 Å². The summed E-state index contributed by atoms with van der Waals surface area (Å²) in [6.45, 7) is 0. The van der Waals surface area contributed by atoms with Crippen LogP contribution in [0.5, 0.6) is 11.5 Å². The van der Waals surface area contributed by atoms with Crippen LogP contribution in [-0.4, -0.2) is 13.6 Å². The van der Waals surface area contributed by atoms with E-state index in [1.165, 1.54) is 47.3 Å². The van der Waals surface area contributed by atoms with Crippen molar-refractivity contribution in [2.75, 3.05) is 0 Å². The van der Waals surface area contributed by atoms with Crippen LogP contribution in [0.15, 0.2) is 58.6 Å². The Morgan fingerprint density at radius 1 is 1.05 bits per heavy atom. The monoisotopic (exact) mass is 294 g/mol. The van der Waals surface area contributed by atoms with Gasteiger partial charge in [0.1, 0.15) is 22.1 Å². The van der Waals surface area contributed by atoms with Crippen molar-refractivity contribution in [3.63, 3.8) is 0 Å². The maximum absolute atomic E-state index is 11.6. The molecule has 0 heterocycles. The lowest BCUT2D eigenvalue weighted by atomic mass is 10.3. The predicted octanol–water partition coefficient (Wildman–Crippen LogP) is 2.54. The van der Waals surface area contributed by atoms with E-state index in [1.807, 2.05) is 0 Å². The molecule has 7 nitrogen and oxygen atoms in total. The molecule has 2 rings (SSSR count). The summed E-state index contributed by atoms with van der Waals surface area (Å²) in [7, 11) is -4.05. The molecule has 0 atom stereocenters. The number of rotatable bonds is 5. The molecule has 0 amide bonds. The Labute approximate surface area is 114 Å². The summed E-state index contributed by atoms with van der Waals surface area (Å²) in [4.78, 5) is 11.3. The molecule has 0 aliphatic rings. The lowest BCUT2D eigenvalue weighted by Crippen LogP contribution is -2.19. The van der Waals surface area contributed by atoms with Crippen molar-refractivity contribution in [1.82, 2.24) is 4.89 Å². The minimum absolute atomic E-state index is 0.0425. The van der Waals surface area contributed by atoms with Crippen molar-refractivity contribution in [3.05, 3.63) is 53.4 Å². The van der Waals surface area contributed by atoms with Crippen LogP contribution in [-0.2, 0) is 10.0 Å². The Balaban J connectivity index is 2.36. The lowest BCUT2D eigenvalue weighted by molar-refractivity contribution is 0.242. The Morgan fingerprint density at radius 2 is 1.70 bits per heavy atom. The zero-order chi connectivity index (χ0) is 14.6. The summed E-state index contributed by atoms with van der Waals surface area (Å²) in [5.41, 5.74) is 0.232. The first-order valence-corrected chi connectivity index (χ1v) is 6.91. The second kappa shape index (κ2) is 5.78. The van der Waals surface area contributed by atoms with Gasteiger partial charge in [0, 0.05) is 0 Å². The van der Waals surface area contributed by atoms with Gasteiger partial charge in [0.25, 0.3) is 10.0 Å². The van der Waals surface area contributed by atoms with Crippen LogP contribution in [0, 0.1) is 4.91 Å². The Bertz CT molecular complexity index is 713. The fraction of sp³-hybridized carbons (Fsp3) is 0. The second-order valence-corrected chi connectivity index (χ2v) is 5.36. The number of nitroso groups, excluding NO2 is 1. The highest BCUT2D eigenvalue weighted by Crippen LogP contribution is 2.29. The molecule has 8 heteroatoms. The highest BCUT2D eigenvalue weighted by atomic mass is 32.2. The summed E-state index contributed by atoms with van der Waals surface area (Å²) >= 11 is 0. The van der Waals surface area contributed by atoms with Gasteiger partial charge in [0.05, 0.1) is 0 Å². The van der Waals surface area contributed by atoms with E-state index in [0.717, 1.165) is 0 Å². The maximum atomic E-state index is 11.6. The van der Waals surface area contributed by atoms with Gasteiger partial charge in [-0.3, -0.25) is 0 Å². The fourth-order valence-corrected chi connectivity index (χ4v) is 2.24. The largest absolute Gasteiger partial charge is 0.456 e. The van der Waals surface area contributed by atoms with E-state index < -0.39 is 10.0 Å². The van der Waals surface area contributed by atoms with Crippen molar-refractivity contribution in [3.8, 4) is 11.5 Å². The molecule has 0 radical (unpaired) electrons. The average Bonchev–Trinajstić information content (AvgIpc) is 2.48. The van der Waals surface area contributed by atoms with Crippen molar-refractivity contribution >= 4 is 15.7 Å². The molecule has 0 saturated carbocycles. The molecule has 2 aromatic carbocycles. The number of ether oxygens (including phenoxy) is 1. The van der Waals surface area contributed by atoms with Gasteiger partial charge in [0.15, 0.2) is 0 Å². The molecular weight excluding hydrogens is 284 g/mol. The second-order valence-electron chi connectivity index (χ2n) is 3.73. The minimum atomic E-state index is -4.05. The van der Waals surface area contributed by atoms with Crippen LogP contribution in [0.2, 0.25) is 0 Å². The molecule has 0 aliphatic carbocycles. The number of nitrogens with one attached hydrogen (secondary N) is 1. The fourth-order valence-electron chi connectivity index (χ4n) is 1.51. The summed E-state index contributed by atoms with van der Waals surface area (Å²) in [6, 6.07) is 11.6. The van der Waals surface area contributed by atoms with Crippen molar-refractivity contribution in [1.29, 1.82) is 0 Å².